The number of hydrogen-bond donors (Lipinski definition) is 1. The Morgan fingerprint density at radius 2 is 2.19 bits per heavy atom. The summed E-state index contributed by atoms with van der Waals surface area (Å²) in [5.41, 5.74) is 1.72. The van der Waals surface area contributed by atoms with Gasteiger partial charge in [-0.3, -0.25) is 14.3 Å². The molecule has 1 N–H and O–H groups in total. The molecule has 26 heavy (non-hydrogen) atoms. The van der Waals surface area contributed by atoms with Gasteiger partial charge in [-0.2, -0.15) is 5.10 Å². The van der Waals surface area contributed by atoms with E-state index in [2.05, 4.69) is 15.4 Å². The molecule has 7 heteroatoms. The second-order valence-corrected chi connectivity index (χ2v) is 6.56. The second kappa shape index (κ2) is 7.95. The summed E-state index contributed by atoms with van der Waals surface area (Å²) >= 11 is 0. The number of amides is 2. The fourth-order valence-corrected chi connectivity index (χ4v) is 3.03. The van der Waals surface area contributed by atoms with Gasteiger partial charge in [-0.05, 0) is 38.0 Å². The number of rotatable bonds is 4. The van der Waals surface area contributed by atoms with Gasteiger partial charge >= 0.3 is 0 Å². The summed E-state index contributed by atoms with van der Waals surface area (Å²) in [6.07, 6.45) is 8.41. The van der Waals surface area contributed by atoms with Crippen LogP contribution < -0.4 is 5.32 Å². The Kier molecular flexibility index (Phi) is 5.46. The first-order valence-electron chi connectivity index (χ1n) is 8.71. The SMILES string of the molecule is Cc1cccc(NC(=O)C2CCCN(C(=O)/C=C/c3cnn(C)c3)C2)n1. The lowest BCUT2D eigenvalue weighted by Crippen LogP contribution is -2.43. The number of aromatic nitrogens is 3. The predicted octanol–water partition coefficient (Wildman–Crippen LogP) is 2.01. The van der Waals surface area contributed by atoms with Crippen LogP contribution in [-0.4, -0.2) is 44.6 Å². The van der Waals surface area contributed by atoms with Gasteiger partial charge in [-0.25, -0.2) is 4.98 Å². The molecule has 1 aliphatic heterocycles. The molecule has 0 radical (unpaired) electrons. The van der Waals surface area contributed by atoms with Gasteiger partial charge in [-0.1, -0.05) is 6.07 Å². The summed E-state index contributed by atoms with van der Waals surface area (Å²) in [4.78, 5) is 31.0. The minimum absolute atomic E-state index is 0.0833. The molecule has 136 valence electrons. The first-order valence-corrected chi connectivity index (χ1v) is 8.71. The molecule has 0 aliphatic carbocycles. The molecular weight excluding hydrogens is 330 g/mol. The standard InChI is InChI=1S/C19H23N5O2/c1-14-5-3-7-17(21-14)22-19(26)16-6-4-10-24(13-16)18(25)9-8-15-11-20-23(2)12-15/h3,5,7-9,11-12,16H,4,6,10,13H2,1-2H3,(H,21,22,26)/b9-8+. The van der Waals surface area contributed by atoms with E-state index in [1.54, 1.807) is 34.0 Å². The summed E-state index contributed by atoms with van der Waals surface area (Å²) in [6.45, 7) is 2.97. The largest absolute Gasteiger partial charge is 0.338 e. The van der Waals surface area contributed by atoms with Crippen LogP contribution in [0.1, 0.15) is 24.1 Å². The highest BCUT2D eigenvalue weighted by Crippen LogP contribution is 2.19. The van der Waals surface area contributed by atoms with Crippen molar-refractivity contribution < 1.29 is 9.59 Å². The Bertz CT molecular complexity index is 827. The third kappa shape index (κ3) is 4.56. The van der Waals surface area contributed by atoms with E-state index in [1.807, 2.05) is 32.3 Å². The molecule has 0 saturated carbocycles. The van der Waals surface area contributed by atoms with E-state index >= 15 is 0 Å². The van der Waals surface area contributed by atoms with Crippen molar-refractivity contribution in [2.24, 2.45) is 13.0 Å². The fourth-order valence-electron chi connectivity index (χ4n) is 3.03. The number of anilines is 1. The van der Waals surface area contributed by atoms with Crippen molar-refractivity contribution in [3.8, 4) is 0 Å². The van der Waals surface area contributed by atoms with E-state index in [4.69, 9.17) is 0 Å². The average molecular weight is 353 g/mol. The van der Waals surface area contributed by atoms with Gasteiger partial charge in [0.25, 0.3) is 0 Å². The van der Waals surface area contributed by atoms with Gasteiger partial charge in [0.15, 0.2) is 0 Å². The Labute approximate surface area is 152 Å². The van der Waals surface area contributed by atoms with Gasteiger partial charge in [0.05, 0.1) is 12.1 Å². The van der Waals surface area contributed by atoms with Crippen molar-refractivity contribution in [2.45, 2.75) is 19.8 Å². The molecule has 3 rings (SSSR count). The van der Waals surface area contributed by atoms with Crippen LogP contribution in [0.3, 0.4) is 0 Å². The molecule has 1 aliphatic rings. The topological polar surface area (TPSA) is 80.1 Å². The zero-order chi connectivity index (χ0) is 18.5. The van der Waals surface area contributed by atoms with E-state index < -0.39 is 0 Å². The van der Waals surface area contributed by atoms with Crippen LogP contribution in [0.25, 0.3) is 6.08 Å². The minimum Gasteiger partial charge on any atom is -0.338 e. The third-order valence-electron chi connectivity index (χ3n) is 4.39. The van der Waals surface area contributed by atoms with Gasteiger partial charge in [-0.15, -0.1) is 0 Å². The monoisotopic (exact) mass is 353 g/mol. The molecule has 1 saturated heterocycles. The van der Waals surface area contributed by atoms with Crippen molar-refractivity contribution in [2.75, 3.05) is 18.4 Å². The number of carbonyl (C=O) groups is 2. The number of nitrogens with zero attached hydrogens (tertiary/aromatic N) is 4. The molecule has 0 bridgehead atoms. The van der Waals surface area contributed by atoms with E-state index in [-0.39, 0.29) is 17.7 Å². The van der Waals surface area contributed by atoms with Crippen LogP contribution in [0.2, 0.25) is 0 Å². The Morgan fingerprint density at radius 1 is 1.35 bits per heavy atom. The zero-order valence-electron chi connectivity index (χ0n) is 15.1. The van der Waals surface area contributed by atoms with Crippen LogP contribution in [-0.2, 0) is 16.6 Å². The highest BCUT2D eigenvalue weighted by molar-refractivity contribution is 5.94. The van der Waals surface area contributed by atoms with Crippen molar-refractivity contribution in [3.63, 3.8) is 0 Å². The minimum atomic E-state index is -0.221. The predicted molar refractivity (Wildman–Crippen MR) is 99.1 cm³/mol. The molecule has 3 heterocycles. The maximum absolute atomic E-state index is 12.5. The summed E-state index contributed by atoms with van der Waals surface area (Å²) < 4.78 is 1.69. The van der Waals surface area contributed by atoms with Crippen LogP contribution in [0.15, 0.2) is 36.7 Å². The first-order chi connectivity index (χ1) is 12.5. The molecule has 7 nitrogen and oxygen atoms in total. The van der Waals surface area contributed by atoms with Crippen LogP contribution in [0.4, 0.5) is 5.82 Å². The first kappa shape index (κ1) is 17.8. The van der Waals surface area contributed by atoms with Crippen molar-refractivity contribution in [1.82, 2.24) is 19.7 Å². The lowest BCUT2D eigenvalue weighted by atomic mass is 9.97. The van der Waals surface area contributed by atoms with Crippen LogP contribution >= 0.6 is 0 Å². The lowest BCUT2D eigenvalue weighted by molar-refractivity contribution is -0.130. The molecule has 2 aromatic heterocycles. The Balaban J connectivity index is 1.58. The number of piperidine rings is 1. The molecule has 2 aromatic rings. The highest BCUT2D eigenvalue weighted by atomic mass is 16.2. The summed E-state index contributed by atoms with van der Waals surface area (Å²) in [5.74, 6) is 0.161. The van der Waals surface area contributed by atoms with E-state index in [9.17, 15) is 9.59 Å². The highest BCUT2D eigenvalue weighted by Gasteiger charge is 2.27. The molecule has 2 amide bonds. The van der Waals surface area contributed by atoms with Crippen LogP contribution in [0, 0.1) is 12.8 Å². The maximum atomic E-state index is 12.5. The third-order valence-corrected chi connectivity index (χ3v) is 4.39. The summed E-state index contributed by atoms with van der Waals surface area (Å²) in [5, 5.41) is 6.93. The quantitative estimate of drug-likeness (QED) is 0.853. The summed E-state index contributed by atoms with van der Waals surface area (Å²) in [6, 6.07) is 5.51. The Morgan fingerprint density at radius 3 is 2.92 bits per heavy atom. The number of nitrogens with one attached hydrogen (secondary N) is 1. The molecule has 1 fully saturated rings. The van der Waals surface area contributed by atoms with Gasteiger partial charge in [0.2, 0.25) is 11.8 Å². The van der Waals surface area contributed by atoms with Gasteiger partial charge < -0.3 is 10.2 Å². The number of pyridine rings is 1. The smallest absolute Gasteiger partial charge is 0.246 e. The van der Waals surface area contributed by atoms with Crippen molar-refractivity contribution in [3.05, 3.63) is 47.9 Å². The average Bonchev–Trinajstić information content (AvgIpc) is 3.05. The van der Waals surface area contributed by atoms with E-state index in [0.29, 0.717) is 18.9 Å². The molecule has 0 spiro atoms. The summed E-state index contributed by atoms with van der Waals surface area (Å²) in [7, 11) is 1.83. The lowest BCUT2D eigenvalue weighted by Gasteiger charge is -2.31. The van der Waals surface area contributed by atoms with Crippen LogP contribution in [0.5, 0.6) is 0 Å². The van der Waals surface area contributed by atoms with Gasteiger partial charge in [0.1, 0.15) is 5.82 Å². The zero-order valence-corrected chi connectivity index (χ0v) is 15.1. The number of likely N-dealkylation sites (tertiary alicyclic amines) is 1. The van der Waals surface area contributed by atoms with Gasteiger partial charge in [0, 0.05) is 43.7 Å². The molecule has 0 aromatic carbocycles. The van der Waals surface area contributed by atoms with Crippen molar-refractivity contribution >= 4 is 23.7 Å². The van der Waals surface area contributed by atoms with E-state index in [0.717, 1.165) is 24.1 Å². The molecule has 1 atom stereocenters. The van der Waals surface area contributed by atoms with E-state index in [1.165, 1.54) is 0 Å². The molecular formula is C19H23N5O2. The number of carbonyl (C=O) groups excluding carboxylic acids is 2. The molecule has 1 unspecified atom stereocenters. The van der Waals surface area contributed by atoms with Crippen molar-refractivity contribution in [1.29, 1.82) is 0 Å². The Hall–Kier alpha value is -2.96. The number of aryl methyl sites for hydroxylation is 2. The number of hydrogen-bond acceptors (Lipinski definition) is 4. The normalized spacial score (nSPS) is 17.5. The fraction of sp³-hybridized carbons (Fsp3) is 0.368. The maximum Gasteiger partial charge on any atom is 0.246 e. The second-order valence-electron chi connectivity index (χ2n) is 6.56.